The van der Waals surface area contributed by atoms with Crippen molar-refractivity contribution < 1.29 is 9.53 Å². The van der Waals surface area contributed by atoms with Crippen LogP contribution in [0.1, 0.15) is 5.82 Å². The molecule has 1 N–H and O–H groups in total. The van der Waals surface area contributed by atoms with Crippen molar-refractivity contribution in [1.82, 2.24) is 15.3 Å². The third-order valence-corrected chi connectivity index (χ3v) is 3.03. The maximum Gasteiger partial charge on any atom is 0.258 e. The lowest BCUT2D eigenvalue weighted by Crippen LogP contribution is -2.29. The SMILES string of the molecule is CN(C)c1ccnc(CNC(=O)COc2ccc(Cl)cc2)n1. The molecule has 0 unspecified atom stereocenters. The van der Waals surface area contributed by atoms with Gasteiger partial charge in [-0.05, 0) is 30.3 Å². The molecule has 0 saturated heterocycles. The largest absolute Gasteiger partial charge is 0.484 e. The fourth-order valence-electron chi connectivity index (χ4n) is 1.63. The molecule has 2 rings (SSSR count). The third-order valence-electron chi connectivity index (χ3n) is 2.78. The van der Waals surface area contributed by atoms with Crippen LogP contribution >= 0.6 is 11.6 Å². The van der Waals surface area contributed by atoms with E-state index in [2.05, 4.69) is 15.3 Å². The first kappa shape index (κ1) is 16.0. The number of carbonyl (C=O) groups is 1. The zero-order chi connectivity index (χ0) is 15.9. The van der Waals surface area contributed by atoms with Crippen LogP contribution in [0.5, 0.6) is 5.75 Å². The molecule has 1 aromatic heterocycles. The minimum Gasteiger partial charge on any atom is -0.484 e. The molecule has 0 fully saturated rings. The highest BCUT2D eigenvalue weighted by Gasteiger charge is 2.05. The highest BCUT2D eigenvalue weighted by molar-refractivity contribution is 6.30. The summed E-state index contributed by atoms with van der Waals surface area (Å²) in [5.74, 6) is 1.68. The minimum atomic E-state index is -0.242. The monoisotopic (exact) mass is 320 g/mol. The van der Waals surface area contributed by atoms with Gasteiger partial charge in [-0.1, -0.05) is 11.6 Å². The fraction of sp³-hybridized carbons (Fsp3) is 0.267. The van der Waals surface area contributed by atoms with Gasteiger partial charge in [-0.2, -0.15) is 0 Å². The van der Waals surface area contributed by atoms with Crippen molar-refractivity contribution in [1.29, 1.82) is 0 Å². The first-order chi connectivity index (χ1) is 10.5. The second-order valence-electron chi connectivity index (χ2n) is 4.74. The van der Waals surface area contributed by atoms with Crippen molar-refractivity contribution in [2.45, 2.75) is 6.54 Å². The molecule has 22 heavy (non-hydrogen) atoms. The van der Waals surface area contributed by atoms with Gasteiger partial charge in [-0.25, -0.2) is 9.97 Å². The van der Waals surface area contributed by atoms with Crippen molar-refractivity contribution in [3.8, 4) is 5.75 Å². The van der Waals surface area contributed by atoms with E-state index < -0.39 is 0 Å². The third kappa shape index (κ3) is 4.89. The molecule has 6 nitrogen and oxygen atoms in total. The van der Waals surface area contributed by atoms with Crippen molar-refractivity contribution in [2.24, 2.45) is 0 Å². The molecule has 1 heterocycles. The normalized spacial score (nSPS) is 10.1. The molecule has 0 radical (unpaired) electrons. The molecule has 2 aromatic rings. The van der Waals surface area contributed by atoms with Crippen LogP contribution in [0, 0.1) is 0 Å². The van der Waals surface area contributed by atoms with Gasteiger partial charge in [0.25, 0.3) is 5.91 Å². The molecule has 1 amide bonds. The lowest BCUT2D eigenvalue weighted by molar-refractivity contribution is -0.123. The van der Waals surface area contributed by atoms with Crippen molar-refractivity contribution in [2.75, 3.05) is 25.6 Å². The van der Waals surface area contributed by atoms with Gasteiger partial charge >= 0.3 is 0 Å². The molecule has 0 atom stereocenters. The number of benzene rings is 1. The summed E-state index contributed by atoms with van der Waals surface area (Å²) in [5, 5.41) is 3.33. The highest BCUT2D eigenvalue weighted by atomic mass is 35.5. The lowest BCUT2D eigenvalue weighted by atomic mass is 10.3. The van der Waals surface area contributed by atoms with E-state index in [1.165, 1.54) is 0 Å². The van der Waals surface area contributed by atoms with Crippen LogP contribution in [-0.4, -0.2) is 36.6 Å². The number of nitrogens with one attached hydrogen (secondary N) is 1. The Bertz CT molecular complexity index is 632. The lowest BCUT2D eigenvalue weighted by Gasteiger charge is -2.12. The Morgan fingerprint density at radius 3 is 2.68 bits per heavy atom. The summed E-state index contributed by atoms with van der Waals surface area (Å²) < 4.78 is 5.35. The van der Waals surface area contributed by atoms with E-state index in [1.54, 1.807) is 36.5 Å². The summed E-state index contributed by atoms with van der Waals surface area (Å²) in [6, 6.07) is 8.62. The molecule has 0 aliphatic carbocycles. The van der Waals surface area contributed by atoms with Gasteiger partial charge in [-0.3, -0.25) is 4.79 Å². The van der Waals surface area contributed by atoms with E-state index in [0.29, 0.717) is 16.6 Å². The van der Waals surface area contributed by atoms with Crippen LogP contribution in [0.25, 0.3) is 0 Å². The Labute approximate surface area is 134 Å². The number of nitrogens with zero attached hydrogens (tertiary/aromatic N) is 3. The predicted octanol–water partition coefficient (Wildman–Crippen LogP) is 1.89. The van der Waals surface area contributed by atoms with E-state index in [1.807, 2.05) is 19.0 Å². The van der Waals surface area contributed by atoms with Gasteiger partial charge in [0.05, 0.1) is 6.54 Å². The van der Waals surface area contributed by atoms with E-state index in [4.69, 9.17) is 16.3 Å². The summed E-state index contributed by atoms with van der Waals surface area (Å²) in [6.07, 6.45) is 1.66. The van der Waals surface area contributed by atoms with E-state index in [-0.39, 0.29) is 19.1 Å². The van der Waals surface area contributed by atoms with Crippen LogP contribution < -0.4 is 15.0 Å². The number of carbonyl (C=O) groups excluding carboxylic acids is 1. The van der Waals surface area contributed by atoms with Gasteiger partial charge in [-0.15, -0.1) is 0 Å². The number of anilines is 1. The second-order valence-corrected chi connectivity index (χ2v) is 5.18. The van der Waals surface area contributed by atoms with Gasteiger partial charge < -0.3 is 15.0 Å². The number of aromatic nitrogens is 2. The molecule has 0 bridgehead atoms. The number of rotatable bonds is 6. The topological polar surface area (TPSA) is 67.4 Å². The first-order valence-corrected chi connectivity index (χ1v) is 7.06. The predicted molar refractivity (Wildman–Crippen MR) is 85.2 cm³/mol. The maximum absolute atomic E-state index is 11.7. The van der Waals surface area contributed by atoms with Gasteiger partial charge in [0.2, 0.25) is 0 Å². The minimum absolute atomic E-state index is 0.0744. The fourth-order valence-corrected chi connectivity index (χ4v) is 1.76. The van der Waals surface area contributed by atoms with Crippen LogP contribution in [0.4, 0.5) is 5.82 Å². The maximum atomic E-state index is 11.7. The standard InChI is InChI=1S/C15H17ClN4O2/c1-20(2)14-7-8-17-13(19-14)9-18-15(21)10-22-12-5-3-11(16)4-6-12/h3-8H,9-10H2,1-2H3,(H,18,21). The molecular weight excluding hydrogens is 304 g/mol. The number of ether oxygens (including phenoxy) is 1. The summed E-state index contributed by atoms with van der Waals surface area (Å²) in [7, 11) is 3.79. The van der Waals surface area contributed by atoms with E-state index in [0.717, 1.165) is 5.82 Å². The Hall–Kier alpha value is -2.34. The summed E-state index contributed by atoms with van der Waals surface area (Å²) in [5.41, 5.74) is 0. The van der Waals surface area contributed by atoms with Crippen LogP contribution in [0.15, 0.2) is 36.5 Å². The summed E-state index contributed by atoms with van der Waals surface area (Å²) in [4.78, 5) is 22.0. The summed E-state index contributed by atoms with van der Waals surface area (Å²) in [6.45, 7) is 0.180. The average molecular weight is 321 g/mol. The number of hydrogen-bond acceptors (Lipinski definition) is 5. The quantitative estimate of drug-likeness (QED) is 0.880. The Kier molecular flexibility index (Phi) is 5.55. The van der Waals surface area contributed by atoms with Crippen LogP contribution in [-0.2, 0) is 11.3 Å². The summed E-state index contributed by atoms with van der Waals surface area (Å²) >= 11 is 5.77. The molecule has 1 aromatic carbocycles. The molecule has 0 saturated carbocycles. The van der Waals surface area contributed by atoms with E-state index in [9.17, 15) is 4.79 Å². The average Bonchev–Trinajstić information content (AvgIpc) is 2.52. The smallest absolute Gasteiger partial charge is 0.258 e. The number of halogens is 1. The molecule has 7 heteroatoms. The van der Waals surface area contributed by atoms with Crippen LogP contribution in [0.2, 0.25) is 5.02 Å². The van der Waals surface area contributed by atoms with Gasteiger partial charge in [0, 0.05) is 25.3 Å². The molecule has 0 spiro atoms. The van der Waals surface area contributed by atoms with Crippen molar-refractivity contribution in [3.05, 3.63) is 47.4 Å². The van der Waals surface area contributed by atoms with E-state index >= 15 is 0 Å². The second kappa shape index (κ2) is 7.61. The van der Waals surface area contributed by atoms with Crippen molar-refractivity contribution >= 4 is 23.3 Å². The molecular formula is C15H17ClN4O2. The highest BCUT2D eigenvalue weighted by Crippen LogP contribution is 2.15. The van der Waals surface area contributed by atoms with Gasteiger partial charge in [0.1, 0.15) is 17.4 Å². The Morgan fingerprint density at radius 1 is 1.27 bits per heavy atom. The Morgan fingerprint density at radius 2 is 2.00 bits per heavy atom. The molecule has 116 valence electrons. The molecule has 0 aliphatic heterocycles. The van der Waals surface area contributed by atoms with Gasteiger partial charge in [0.15, 0.2) is 6.61 Å². The number of hydrogen-bond donors (Lipinski definition) is 1. The van der Waals surface area contributed by atoms with Crippen molar-refractivity contribution in [3.63, 3.8) is 0 Å². The molecule has 0 aliphatic rings. The zero-order valence-corrected chi connectivity index (χ0v) is 13.2. The Balaban J connectivity index is 1.80. The first-order valence-electron chi connectivity index (χ1n) is 6.69. The number of amides is 1. The zero-order valence-electron chi connectivity index (χ0n) is 12.4. The van der Waals surface area contributed by atoms with Crippen LogP contribution in [0.3, 0.4) is 0 Å².